The molecule has 2 unspecified atom stereocenters. The van der Waals surface area contributed by atoms with Gasteiger partial charge in [0.25, 0.3) is 0 Å². The third-order valence-electron chi connectivity index (χ3n) is 5.03. The highest BCUT2D eigenvalue weighted by Gasteiger charge is 2.32. The molecule has 116 valence electrons. The largest absolute Gasteiger partial charge is 0.395 e. The number of aliphatic hydroxyl groups is 1. The average molecular weight is 282 g/mol. The lowest BCUT2D eigenvalue weighted by molar-refractivity contribution is -0.138. The van der Waals surface area contributed by atoms with Crippen molar-refractivity contribution in [3.63, 3.8) is 0 Å². The molecule has 20 heavy (non-hydrogen) atoms. The molecule has 2 fully saturated rings. The Hall–Kier alpha value is -0.610. The van der Waals surface area contributed by atoms with Gasteiger partial charge in [-0.3, -0.25) is 4.79 Å². The van der Waals surface area contributed by atoms with Crippen molar-refractivity contribution in [1.82, 2.24) is 10.2 Å². The van der Waals surface area contributed by atoms with Crippen molar-refractivity contribution in [2.75, 3.05) is 19.7 Å². The third kappa shape index (κ3) is 3.95. The van der Waals surface area contributed by atoms with Gasteiger partial charge in [0.2, 0.25) is 5.91 Å². The Morgan fingerprint density at radius 3 is 2.65 bits per heavy atom. The van der Waals surface area contributed by atoms with Gasteiger partial charge in [-0.05, 0) is 38.1 Å². The van der Waals surface area contributed by atoms with Crippen molar-refractivity contribution >= 4 is 5.91 Å². The molecule has 0 aromatic carbocycles. The zero-order valence-corrected chi connectivity index (χ0v) is 12.8. The maximum Gasteiger partial charge on any atom is 0.240 e. The Morgan fingerprint density at radius 1 is 1.25 bits per heavy atom. The zero-order valence-electron chi connectivity index (χ0n) is 12.8. The second-order valence-electron chi connectivity index (χ2n) is 6.35. The summed E-state index contributed by atoms with van der Waals surface area (Å²) in [5.74, 6) is 0.900. The molecule has 2 aliphatic rings. The predicted octanol–water partition coefficient (Wildman–Crippen LogP) is 1.92. The number of rotatable bonds is 5. The van der Waals surface area contributed by atoms with E-state index in [0.29, 0.717) is 18.5 Å². The molecule has 0 aromatic heterocycles. The number of nitrogens with zero attached hydrogens (tertiary/aromatic N) is 1. The predicted molar refractivity (Wildman–Crippen MR) is 80.5 cm³/mol. The van der Waals surface area contributed by atoms with E-state index in [9.17, 15) is 9.90 Å². The summed E-state index contributed by atoms with van der Waals surface area (Å²) >= 11 is 0. The van der Waals surface area contributed by atoms with Crippen LogP contribution < -0.4 is 5.32 Å². The quantitative estimate of drug-likeness (QED) is 0.810. The van der Waals surface area contributed by atoms with E-state index >= 15 is 0 Å². The standard InChI is InChI=1S/C16H30N2O2/c1-2-13-8-9-17-15(12-13)16(20)18(10-11-19)14-6-4-3-5-7-14/h13-15,17,19H,2-12H2,1H3. The molecular weight excluding hydrogens is 252 g/mol. The summed E-state index contributed by atoms with van der Waals surface area (Å²) in [7, 11) is 0. The normalized spacial score (nSPS) is 28.3. The number of hydrogen-bond acceptors (Lipinski definition) is 3. The van der Waals surface area contributed by atoms with E-state index in [0.717, 1.165) is 32.2 Å². The minimum atomic E-state index is -0.0258. The highest BCUT2D eigenvalue weighted by Crippen LogP contribution is 2.25. The molecule has 0 bridgehead atoms. The monoisotopic (exact) mass is 282 g/mol. The van der Waals surface area contributed by atoms with Crippen LogP contribution in [0.4, 0.5) is 0 Å². The van der Waals surface area contributed by atoms with Gasteiger partial charge in [0.05, 0.1) is 12.6 Å². The van der Waals surface area contributed by atoms with E-state index in [1.54, 1.807) is 0 Å². The summed E-state index contributed by atoms with van der Waals surface area (Å²) < 4.78 is 0. The summed E-state index contributed by atoms with van der Waals surface area (Å²) in [6, 6.07) is 0.328. The first-order valence-electron chi connectivity index (χ1n) is 8.41. The van der Waals surface area contributed by atoms with Gasteiger partial charge in [-0.15, -0.1) is 0 Å². The van der Waals surface area contributed by atoms with Crippen LogP contribution in [0.15, 0.2) is 0 Å². The van der Waals surface area contributed by atoms with Crippen LogP contribution >= 0.6 is 0 Å². The van der Waals surface area contributed by atoms with Crippen molar-refractivity contribution in [2.24, 2.45) is 5.92 Å². The average Bonchev–Trinajstić information content (AvgIpc) is 2.53. The molecule has 2 atom stereocenters. The van der Waals surface area contributed by atoms with Gasteiger partial charge in [-0.2, -0.15) is 0 Å². The summed E-state index contributed by atoms with van der Waals surface area (Å²) in [4.78, 5) is 14.8. The number of piperidine rings is 1. The zero-order chi connectivity index (χ0) is 14.4. The van der Waals surface area contributed by atoms with Crippen molar-refractivity contribution in [3.8, 4) is 0 Å². The van der Waals surface area contributed by atoms with E-state index in [1.165, 1.54) is 25.7 Å². The Balaban J connectivity index is 1.98. The van der Waals surface area contributed by atoms with Crippen LogP contribution in [0.2, 0.25) is 0 Å². The molecular formula is C16H30N2O2. The Bertz CT molecular complexity index is 303. The van der Waals surface area contributed by atoms with E-state index in [-0.39, 0.29) is 18.6 Å². The van der Waals surface area contributed by atoms with Crippen LogP contribution in [0.1, 0.15) is 58.3 Å². The number of nitrogens with one attached hydrogen (secondary N) is 1. The van der Waals surface area contributed by atoms with Crippen LogP contribution in [0.3, 0.4) is 0 Å². The molecule has 4 heteroatoms. The lowest BCUT2D eigenvalue weighted by Crippen LogP contribution is -2.54. The molecule has 2 N–H and O–H groups in total. The maximum absolute atomic E-state index is 12.8. The van der Waals surface area contributed by atoms with Crippen LogP contribution in [-0.4, -0.2) is 47.7 Å². The number of amides is 1. The Morgan fingerprint density at radius 2 is 2.00 bits per heavy atom. The molecule has 0 spiro atoms. The fraction of sp³-hybridized carbons (Fsp3) is 0.938. The molecule has 0 aromatic rings. The first kappa shape index (κ1) is 15.8. The van der Waals surface area contributed by atoms with Crippen molar-refractivity contribution in [2.45, 2.75) is 70.4 Å². The third-order valence-corrected chi connectivity index (χ3v) is 5.03. The highest BCUT2D eigenvalue weighted by atomic mass is 16.3. The van der Waals surface area contributed by atoms with Crippen LogP contribution in [0.25, 0.3) is 0 Å². The lowest BCUT2D eigenvalue weighted by Gasteiger charge is -2.38. The van der Waals surface area contributed by atoms with Gasteiger partial charge < -0.3 is 15.3 Å². The summed E-state index contributed by atoms with van der Waals surface area (Å²) in [5.41, 5.74) is 0. The molecule has 2 rings (SSSR count). The second kappa shape index (κ2) is 7.99. The molecule has 1 amide bonds. The fourth-order valence-electron chi connectivity index (χ4n) is 3.73. The first-order chi connectivity index (χ1) is 9.76. The SMILES string of the molecule is CCC1CCNC(C(=O)N(CCO)C2CCCCC2)C1. The number of carbonyl (C=O) groups is 1. The molecule has 1 aliphatic carbocycles. The van der Waals surface area contributed by atoms with E-state index in [2.05, 4.69) is 12.2 Å². The smallest absolute Gasteiger partial charge is 0.240 e. The molecule has 1 saturated heterocycles. The topological polar surface area (TPSA) is 52.6 Å². The minimum Gasteiger partial charge on any atom is -0.395 e. The molecule has 1 aliphatic heterocycles. The van der Waals surface area contributed by atoms with Gasteiger partial charge in [0.1, 0.15) is 0 Å². The van der Waals surface area contributed by atoms with Gasteiger partial charge in [0, 0.05) is 12.6 Å². The van der Waals surface area contributed by atoms with Crippen LogP contribution in [-0.2, 0) is 4.79 Å². The van der Waals surface area contributed by atoms with Crippen molar-refractivity contribution < 1.29 is 9.90 Å². The highest BCUT2D eigenvalue weighted by molar-refractivity contribution is 5.82. The molecule has 1 heterocycles. The van der Waals surface area contributed by atoms with E-state index < -0.39 is 0 Å². The first-order valence-corrected chi connectivity index (χ1v) is 8.41. The maximum atomic E-state index is 12.8. The Kier molecular flexibility index (Phi) is 6.30. The fourth-order valence-corrected chi connectivity index (χ4v) is 3.73. The van der Waals surface area contributed by atoms with Crippen LogP contribution in [0, 0.1) is 5.92 Å². The molecule has 4 nitrogen and oxygen atoms in total. The van der Waals surface area contributed by atoms with Gasteiger partial charge in [0.15, 0.2) is 0 Å². The number of hydrogen-bond donors (Lipinski definition) is 2. The van der Waals surface area contributed by atoms with E-state index in [1.807, 2.05) is 4.90 Å². The van der Waals surface area contributed by atoms with Gasteiger partial charge >= 0.3 is 0 Å². The van der Waals surface area contributed by atoms with Crippen molar-refractivity contribution in [1.29, 1.82) is 0 Å². The summed E-state index contributed by atoms with van der Waals surface area (Å²) in [5, 5.41) is 12.7. The summed E-state index contributed by atoms with van der Waals surface area (Å²) in [6.45, 7) is 3.74. The second-order valence-corrected chi connectivity index (χ2v) is 6.35. The molecule has 0 radical (unpaired) electrons. The van der Waals surface area contributed by atoms with Crippen molar-refractivity contribution in [3.05, 3.63) is 0 Å². The van der Waals surface area contributed by atoms with Gasteiger partial charge in [-0.25, -0.2) is 0 Å². The minimum absolute atomic E-state index is 0.0258. The van der Waals surface area contributed by atoms with Gasteiger partial charge in [-0.1, -0.05) is 32.6 Å². The number of aliphatic hydroxyl groups excluding tert-OH is 1. The molecule has 1 saturated carbocycles. The van der Waals surface area contributed by atoms with Crippen LogP contribution in [0.5, 0.6) is 0 Å². The Labute approximate surface area is 122 Å². The summed E-state index contributed by atoms with van der Waals surface area (Å²) in [6.07, 6.45) is 9.25. The van der Waals surface area contributed by atoms with E-state index in [4.69, 9.17) is 0 Å². The number of carbonyl (C=O) groups excluding carboxylic acids is 1. The lowest BCUT2D eigenvalue weighted by atomic mass is 9.88.